The molecular weight excluding hydrogens is 514 g/mol. The predicted octanol–water partition coefficient (Wildman–Crippen LogP) is 1.53. The van der Waals surface area contributed by atoms with E-state index in [4.69, 9.17) is 15.2 Å². The molecule has 1 saturated heterocycles. The number of nitrogens with two attached hydrogens (primary N) is 1. The van der Waals surface area contributed by atoms with Crippen LogP contribution in [0.5, 0.6) is 0 Å². The number of carbonyl (C=O) groups excluding carboxylic acids is 4. The number of ether oxygens (including phenoxy) is 2. The molecule has 4 N–H and O–H groups in total. The van der Waals surface area contributed by atoms with Crippen LogP contribution in [0.3, 0.4) is 0 Å². The Hall–Kier alpha value is -2.24. The fourth-order valence-electron chi connectivity index (χ4n) is 5.49. The van der Waals surface area contributed by atoms with Gasteiger partial charge in [0.15, 0.2) is 0 Å². The average Bonchev–Trinajstić information content (AvgIpc) is 3.39. The van der Waals surface area contributed by atoms with Crippen molar-refractivity contribution in [2.75, 3.05) is 34.9 Å². The number of carbonyl (C=O) groups is 4. The first-order valence-electron chi connectivity index (χ1n) is 14.5. The highest BCUT2D eigenvalue weighted by atomic mass is 16.5. The number of amides is 4. The summed E-state index contributed by atoms with van der Waals surface area (Å²) in [6.07, 6.45) is 1.25. The van der Waals surface area contributed by atoms with Crippen molar-refractivity contribution < 1.29 is 28.7 Å². The molecule has 0 unspecified atom stereocenters. The molecule has 0 aromatic heterocycles. The van der Waals surface area contributed by atoms with Gasteiger partial charge in [0.1, 0.15) is 6.04 Å². The number of hydrogen-bond donors (Lipinski definition) is 3. The highest BCUT2D eigenvalue weighted by molar-refractivity contribution is 5.92. The molecule has 7 atom stereocenters. The summed E-state index contributed by atoms with van der Waals surface area (Å²) in [6.45, 7) is 13.6. The molecule has 0 radical (unpaired) electrons. The van der Waals surface area contributed by atoms with Crippen LogP contribution in [0.15, 0.2) is 0 Å². The molecule has 0 saturated carbocycles. The summed E-state index contributed by atoms with van der Waals surface area (Å²) in [7, 11) is 6.50. The van der Waals surface area contributed by atoms with Gasteiger partial charge in [0.2, 0.25) is 23.6 Å². The number of nitrogens with one attached hydrogen (secondary N) is 2. The van der Waals surface area contributed by atoms with Gasteiger partial charge in [0.05, 0.1) is 42.2 Å². The fraction of sp³-hybridized carbons (Fsp3) is 0.862. The van der Waals surface area contributed by atoms with Gasteiger partial charge in [0, 0.05) is 27.8 Å². The maximum Gasteiger partial charge on any atom is 0.245 e. The van der Waals surface area contributed by atoms with Gasteiger partial charge in [-0.2, -0.15) is 0 Å². The lowest BCUT2D eigenvalue weighted by atomic mass is 9.89. The highest BCUT2D eigenvalue weighted by Crippen LogP contribution is 2.29. The molecule has 40 heavy (non-hydrogen) atoms. The molecular formula is C29H55N5O6. The van der Waals surface area contributed by atoms with E-state index in [1.165, 1.54) is 7.11 Å². The van der Waals surface area contributed by atoms with Crippen LogP contribution in [0.25, 0.3) is 0 Å². The summed E-state index contributed by atoms with van der Waals surface area (Å²) < 4.78 is 11.5. The first kappa shape index (κ1) is 35.8. The monoisotopic (exact) mass is 569 g/mol. The molecule has 0 aliphatic carbocycles. The van der Waals surface area contributed by atoms with Crippen LogP contribution in [-0.2, 0) is 28.7 Å². The van der Waals surface area contributed by atoms with Crippen LogP contribution >= 0.6 is 0 Å². The minimum Gasteiger partial charge on any atom is -0.379 e. The Balaban J connectivity index is 3.24. The lowest BCUT2D eigenvalue weighted by Gasteiger charge is -2.41. The van der Waals surface area contributed by atoms with E-state index in [1.807, 2.05) is 27.7 Å². The summed E-state index contributed by atoms with van der Waals surface area (Å²) in [5.41, 5.74) is 4.71. The van der Waals surface area contributed by atoms with Gasteiger partial charge in [-0.15, -0.1) is 0 Å². The average molecular weight is 570 g/mol. The number of hydrogen-bond acceptors (Lipinski definition) is 7. The Labute approximate surface area is 241 Å². The van der Waals surface area contributed by atoms with E-state index in [2.05, 4.69) is 10.6 Å². The van der Waals surface area contributed by atoms with E-state index in [9.17, 15) is 19.2 Å². The molecule has 0 aromatic rings. The van der Waals surface area contributed by atoms with Crippen LogP contribution in [0, 0.1) is 17.8 Å². The second-order valence-corrected chi connectivity index (χ2v) is 12.1. The van der Waals surface area contributed by atoms with Crippen molar-refractivity contribution in [2.45, 2.75) is 110 Å². The number of likely N-dealkylation sites (tertiary alicyclic amines) is 1. The molecule has 0 aromatic carbocycles. The first-order valence-corrected chi connectivity index (χ1v) is 14.5. The van der Waals surface area contributed by atoms with Crippen LogP contribution < -0.4 is 16.4 Å². The van der Waals surface area contributed by atoms with E-state index in [-0.39, 0.29) is 42.0 Å². The zero-order chi connectivity index (χ0) is 30.9. The van der Waals surface area contributed by atoms with Crippen molar-refractivity contribution >= 4 is 23.6 Å². The standard InChI is InChI=1S/C29H55N5O6/c1-12-18(4)24(33(9)27(37)23(17(2)3)32-28(38)29(6,7)31-8)21(39-10)16-22(35)34-15-13-14-20(34)25(40-11)19(5)26(30)36/h17-21,23-25,31H,12-16H2,1-11H3,(H2,30,36)(H,32,38)/t18-,19+,20-,21+,23-,24-,25+/m0/s1. The lowest BCUT2D eigenvalue weighted by molar-refractivity contribution is -0.147. The molecule has 1 aliphatic rings. The van der Waals surface area contributed by atoms with Crippen LogP contribution in [-0.4, -0.2) is 104 Å². The molecule has 1 rings (SSSR count). The Morgan fingerprint density at radius 3 is 2.15 bits per heavy atom. The summed E-state index contributed by atoms with van der Waals surface area (Å²) in [4.78, 5) is 55.8. The van der Waals surface area contributed by atoms with Gasteiger partial charge in [0.25, 0.3) is 0 Å². The van der Waals surface area contributed by atoms with Crippen molar-refractivity contribution in [1.82, 2.24) is 20.4 Å². The zero-order valence-electron chi connectivity index (χ0n) is 26.6. The maximum absolute atomic E-state index is 13.9. The van der Waals surface area contributed by atoms with E-state index in [0.29, 0.717) is 13.0 Å². The quantitative estimate of drug-likeness (QED) is 0.256. The Morgan fingerprint density at radius 2 is 1.70 bits per heavy atom. The number of primary amides is 1. The van der Waals surface area contributed by atoms with Crippen molar-refractivity contribution in [3.63, 3.8) is 0 Å². The van der Waals surface area contributed by atoms with Gasteiger partial charge >= 0.3 is 0 Å². The van der Waals surface area contributed by atoms with E-state index >= 15 is 0 Å². The maximum atomic E-state index is 13.9. The summed E-state index contributed by atoms with van der Waals surface area (Å²) in [5, 5.41) is 5.90. The summed E-state index contributed by atoms with van der Waals surface area (Å²) in [5.74, 6) is -1.78. The Kier molecular flexibility index (Phi) is 14.0. The molecule has 0 spiro atoms. The van der Waals surface area contributed by atoms with Crippen molar-refractivity contribution in [3.05, 3.63) is 0 Å². The fourth-order valence-corrected chi connectivity index (χ4v) is 5.49. The largest absolute Gasteiger partial charge is 0.379 e. The number of nitrogens with zero attached hydrogens (tertiary/aromatic N) is 2. The molecule has 11 heteroatoms. The minimum absolute atomic E-state index is 0.0138. The Morgan fingerprint density at radius 1 is 1.10 bits per heavy atom. The van der Waals surface area contributed by atoms with Crippen molar-refractivity contribution in [2.24, 2.45) is 23.5 Å². The smallest absolute Gasteiger partial charge is 0.245 e. The number of methoxy groups -OCH3 is 2. The second kappa shape index (κ2) is 15.7. The highest BCUT2D eigenvalue weighted by Gasteiger charge is 2.42. The third-order valence-corrected chi connectivity index (χ3v) is 8.71. The van der Waals surface area contributed by atoms with Gasteiger partial charge in [-0.05, 0) is 45.6 Å². The van der Waals surface area contributed by atoms with Gasteiger partial charge < -0.3 is 35.6 Å². The number of rotatable bonds is 16. The summed E-state index contributed by atoms with van der Waals surface area (Å²) >= 11 is 0. The normalized spacial score (nSPS) is 20.4. The zero-order valence-corrected chi connectivity index (χ0v) is 26.6. The molecule has 1 heterocycles. The molecule has 0 bridgehead atoms. The SMILES string of the molecule is CC[C@H](C)[C@@H]([C@@H](CC(=O)N1CCC[C@H]1[C@H](OC)[C@@H](C)C(N)=O)OC)N(C)C(=O)[C@@H](NC(=O)C(C)(C)NC)C(C)C. The molecule has 1 fully saturated rings. The van der Waals surface area contributed by atoms with Gasteiger partial charge in [-0.25, -0.2) is 0 Å². The predicted molar refractivity (Wildman–Crippen MR) is 155 cm³/mol. The topological polar surface area (TPSA) is 143 Å². The van der Waals surface area contributed by atoms with Crippen LogP contribution in [0.2, 0.25) is 0 Å². The Bertz CT molecular complexity index is 866. The van der Waals surface area contributed by atoms with E-state index in [1.54, 1.807) is 51.8 Å². The van der Waals surface area contributed by atoms with E-state index in [0.717, 1.165) is 12.8 Å². The van der Waals surface area contributed by atoms with E-state index < -0.39 is 41.7 Å². The third kappa shape index (κ3) is 8.63. The van der Waals surface area contributed by atoms with Crippen molar-refractivity contribution in [3.8, 4) is 0 Å². The molecule has 1 aliphatic heterocycles. The molecule has 4 amide bonds. The lowest BCUT2D eigenvalue weighted by Crippen LogP contribution is -2.61. The van der Waals surface area contributed by atoms with Gasteiger partial charge in [-0.1, -0.05) is 41.0 Å². The van der Waals surface area contributed by atoms with Gasteiger partial charge in [-0.3, -0.25) is 19.2 Å². The van der Waals surface area contributed by atoms with Crippen LogP contribution in [0.4, 0.5) is 0 Å². The molecule has 11 nitrogen and oxygen atoms in total. The van der Waals surface area contributed by atoms with Crippen LogP contribution in [0.1, 0.15) is 74.1 Å². The number of likely N-dealkylation sites (N-methyl/N-ethyl adjacent to an activating group) is 2. The molecule has 232 valence electrons. The summed E-state index contributed by atoms with van der Waals surface area (Å²) in [6, 6.07) is -1.42. The third-order valence-electron chi connectivity index (χ3n) is 8.71. The minimum atomic E-state index is -0.845. The second-order valence-electron chi connectivity index (χ2n) is 12.1. The van der Waals surface area contributed by atoms with Crippen molar-refractivity contribution in [1.29, 1.82) is 0 Å². The first-order chi connectivity index (χ1) is 18.6.